The number of anilines is 1. The molecule has 0 saturated carbocycles. The van der Waals surface area contributed by atoms with Crippen LogP contribution in [-0.4, -0.2) is 71.8 Å². The lowest BCUT2D eigenvalue weighted by Gasteiger charge is -2.09. The molecule has 1 aromatic rings. The van der Waals surface area contributed by atoms with E-state index in [2.05, 4.69) is 12.2 Å². The molecule has 7 heteroatoms. The number of nitrogens with one attached hydrogen (secondary N) is 1. The third kappa shape index (κ3) is 12.7. The molecule has 0 aromatic heterocycles. The Morgan fingerprint density at radius 1 is 0.808 bits per heavy atom. The quantitative estimate of drug-likeness (QED) is 0.422. The average molecular weight is 369 g/mol. The van der Waals surface area contributed by atoms with E-state index in [1.165, 1.54) is 6.92 Å². The smallest absolute Gasteiger partial charge is 0.155 e. The molecule has 0 radical (unpaired) electrons. The summed E-state index contributed by atoms with van der Waals surface area (Å²) in [7, 11) is 0. The maximum atomic E-state index is 10.6. The predicted octanol–water partition coefficient (Wildman–Crippen LogP) is 2.15. The van der Waals surface area contributed by atoms with Crippen LogP contribution in [0.5, 0.6) is 5.75 Å². The summed E-state index contributed by atoms with van der Waals surface area (Å²) in [5, 5.41) is 3.23. The summed E-state index contributed by atoms with van der Waals surface area (Å²) in [5.41, 5.74) is 1.08. The Morgan fingerprint density at radius 2 is 1.31 bits per heavy atom. The van der Waals surface area contributed by atoms with Gasteiger partial charge in [-0.1, -0.05) is 0 Å². The van der Waals surface area contributed by atoms with Crippen molar-refractivity contribution in [2.24, 2.45) is 0 Å². The fraction of sp³-hybridized carbons (Fsp3) is 0.632. The molecule has 0 saturated heterocycles. The van der Waals surface area contributed by atoms with Gasteiger partial charge in [-0.2, -0.15) is 0 Å². The average Bonchev–Trinajstić information content (AvgIpc) is 2.63. The minimum Gasteiger partial charge on any atom is -0.491 e. The zero-order chi connectivity index (χ0) is 18.9. The standard InChI is InChI=1S/C19H31NO6/c1-3-20-18-4-6-19(7-5-18)26-15-14-24-11-10-22-8-9-23-12-13-25-16-17(2)21/h4-7,20H,3,8-16H2,1-2H3. The van der Waals surface area contributed by atoms with Gasteiger partial charge in [0.15, 0.2) is 5.78 Å². The van der Waals surface area contributed by atoms with E-state index in [4.69, 9.17) is 23.7 Å². The summed E-state index contributed by atoms with van der Waals surface area (Å²) in [5.74, 6) is 0.844. The summed E-state index contributed by atoms with van der Waals surface area (Å²) < 4.78 is 26.8. The maximum Gasteiger partial charge on any atom is 0.155 e. The topological polar surface area (TPSA) is 75.2 Å². The summed E-state index contributed by atoms with van der Waals surface area (Å²) >= 11 is 0. The first kappa shape index (κ1) is 22.4. The van der Waals surface area contributed by atoms with E-state index in [0.29, 0.717) is 52.9 Å². The fourth-order valence-electron chi connectivity index (χ4n) is 1.97. The van der Waals surface area contributed by atoms with E-state index in [1.807, 2.05) is 24.3 Å². The number of ketones is 1. The van der Waals surface area contributed by atoms with E-state index in [1.54, 1.807) is 0 Å². The first-order valence-corrected chi connectivity index (χ1v) is 8.99. The number of carbonyl (C=O) groups is 1. The summed E-state index contributed by atoms with van der Waals surface area (Å²) in [6.45, 7) is 8.52. The normalized spacial score (nSPS) is 10.7. The van der Waals surface area contributed by atoms with Crippen molar-refractivity contribution in [3.05, 3.63) is 24.3 Å². The monoisotopic (exact) mass is 369 g/mol. The van der Waals surface area contributed by atoms with E-state index in [0.717, 1.165) is 18.0 Å². The highest BCUT2D eigenvalue weighted by molar-refractivity contribution is 5.76. The minimum absolute atomic E-state index is 0.0147. The second-order valence-corrected chi connectivity index (χ2v) is 5.49. The number of rotatable bonds is 17. The van der Waals surface area contributed by atoms with Gasteiger partial charge in [-0.3, -0.25) is 4.79 Å². The van der Waals surface area contributed by atoms with Gasteiger partial charge in [0.05, 0.1) is 46.2 Å². The highest BCUT2D eigenvalue weighted by atomic mass is 16.6. The van der Waals surface area contributed by atoms with Crippen molar-refractivity contribution >= 4 is 11.5 Å². The number of hydrogen-bond acceptors (Lipinski definition) is 7. The molecule has 0 bridgehead atoms. The van der Waals surface area contributed by atoms with Gasteiger partial charge in [-0.15, -0.1) is 0 Å². The van der Waals surface area contributed by atoms with E-state index in [-0.39, 0.29) is 12.4 Å². The van der Waals surface area contributed by atoms with Gasteiger partial charge in [0.2, 0.25) is 0 Å². The van der Waals surface area contributed by atoms with Gasteiger partial charge in [-0.05, 0) is 38.1 Å². The number of carbonyl (C=O) groups excluding carboxylic acids is 1. The number of benzene rings is 1. The maximum absolute atomic E-state index is 10.6. The zero-order valence-corrected chi connectivity index (χ0v) is 15.8. The number of hydrogen-bond donors (Lipinski definition) is 1. The Bertz CT molecular complexity index is 466. The molecule has 1 aromatic carbocycles. The third-order valence-electron chi connectivity index (χ3n) is 3.15. The lowest BCUT2D eigenvalue weighted by Crippen LogP contribution is -2.14. The van der Waals surface area contributed by atoms with Crippen LogP contribution in [0.2, 0.25) is 0 Å². The van der Waals surface area contributed by atoms with E-state index < -0.39 is 0 Å². The van der Waals surface area contributed by atoms with Crippen LogP contribution in [-0.2, 0) is 23.7 Å². The van der Waals surface area contributed by atoms with Gasteiger partial charge < -0.3 is 29.0 Å². The molecule has 0 fully saturated rings. The zero-order valence-electron chi connectivity index (χ0n) is 15.8. The fourth-order valence-corrected chi connectivity index (χ4v) is 1.97. The molecule has 0 heterocycles. The molecule has 26 heavy (non-hydrogen) atoms. The van der Waals surface area contributed by atoms with Gasteiger partial charge in [0.25, 0.3) is 0 Å². The van der Waals surface area contributed by atoms with Gasteiger partial charge >= 0.3 is 0 Å². The molecule has 0 amide bonds. The highest BCUT2D eigenvalue weighted by Crippen LogP contribution is 2.15. The van der Waals surface area contributed by atoms with Crippen LogP contribution in [0.25, 0.3) is 0 Å². The molecule has 7 nitrogen and oxygen atoms in total. The van der Waals surface area contributed by atoms with Crippen molar-refractivity contribution < 1.29 is 28.5 Å². The molecular weight excluding hydrogens is 338 g/mol. The summed E-state index contributed by atoms with van der Waals surface area (Å²) in [4.78, 5) is 10.6. The van der Waals surface area contributed by atoms with E-state index >= 15 is 0 Å². The molecule has 1 rings (SSSR count). The van der Waals surface area contributed by atoms with Crippen LogP contribution in [0.4, 0.5) is 5.69 Å². The summed E-state index contributed by atoms with van der Waals surface area (Å²) in [6, 6.07) is 7.86. The second-order valence-electron chi connectivity index (χ2n) is 5.49. The van der Waals surface area contributed by atoms with Crippen LogP contribution < -0.4 is 10.1 Å². The molecule has 0 unspecified atom stereocenters. The minimum atomic E-state index is 0.0147. The number of ether oxygens (including phenoxy) is 5. The van der Waals surface area contributed by atoms with Gasteiger partial charge in [0, 0.05) is 12.2 Å². The first-order chi connectivity index (χ1) is 12.7. The van der Waals surface area contributed by atoms with Crippen molar-refractivity contribution in [3.8, 4) is 5.75 Å². The number of Topliss-reactive ketones (excluding diaryl/α,β-unsaturated/α-hetero) is 1. The highest BCUT2D eigenvalue weighted by Gasteiger charge is 1.96. The predicted molar refractivity (Wildman–Crippen MR) is 100 cm³/mol. The Kier molecular flexibility index (Phi) is 13.4. The SMILES string of the molecule is CCNc1ccc(OCCOCCOCCOCCOCC(C)=O)cc1. The largest absolute Gasteiger partial charge is 0.491 e. The van der Waals surface area contributed by atoms with Crippen molar-refractivity contribution in [1.82, 2.24) is 0 Å². The first-order valence-electron chi connectivity index (χ1n) is 8.99. The van der Waals surface area contributed by atoms with Crippen LogP contribution in [0.3, 0.4) is 0 Å². The van der Waals surface area contributed by atoms with Gasteiger partial charge in [0.1, 0.15) is 19.0 Å². The Labute approximate surface area is 155 Å². The van der Waals surface area contributed by atoms with Crippen molar-refractivity contribution in [1.29, 1.82) is 0 Å². The molecule has 0 aliphatic rings. The molecule has 148 valence electrons. The molecular formula is C19H31NO6. The van der Waals surface area contributed by atoms with Crippen LogP contribution >= 0.6 is 0 Å². The Hall–Kier alpha value is -1.67. The summed E-state index contributed by atoms with van der Waals surface area (Å²) in [6.07, 6.45) is 0. The van der Waals surface area contributed by atoms with Gasteiger partial charge in [-0.25, -0.2) is 0 Å². The van der Waals surface area contributed by atoms with Crippen LogP contribution in [0.15, 0.2) is 24.3 Å². The molecule has 0 aliphatic heterocycles. The third-order valence-corrected chi connectivity index (χ3v) is 3.15. The van der Waals surface area contributed by atoms with Crippen molar-refractivity contribution in [3.63, 3.8) is 0 Å². The lowest BCUT2D eigenvalue weighted by molar-refractivity contribution is -0.122. The van der Waals surface area contributed by atoms with Crippen molar-refractivity contribution in [2.45, 2.75) is 13.8 Å². The molecule has 0 spiro atoms. The Morgan fingerprint density at radius 3 is 1.81 bits per heavy atom. The van der Waals surface area contributed by atoms with Crippen molar-refractivity contribution in [2.75, 3.05) is 71.3 Å². The molecule has 1 N–H and O–H groups in total. The molecule has 0 aliphatic carbocycles. The Balaban J connectivity index is 1.82. The van der Waals surface area contributed by atoms with Crippen LogP contribution in [0.1, 0.15) is 13.8 Å². The van der Waals surface area contributed by atoms with Crippen LogP contribution in [0, 0.1) is 0 Å². The molecule has 0 atom stereocenters. The van der Waals surface area contributed by atoms with E-state index in [9.17, 15) is 4.79 Å². The lowest BCUT2D eigenvalue weighted by atomic mass is 10.3. The second kappa shape index (κ2) is 15.6.